The lowest BCUT2D eigenvalue weighted by Gasteiger charge is -2.07. The van der Waals surface area contributed by atoms with Gasteiger partial charge in [0.05, 0.1) is 0 Å². The third-order valence-electron chi connectivity index (χ3n) is 2.28. The molecule has 8 heteroatoms. The van der Waals surface area contributed by atoms with Crippen molar-refractivity contribution in [2.24, 2.45) is 5.73 Å². The number of rotatable bonds is 4. The lowest BCUT2D eigenvalue weighted by atomic mass is 10.2. The predicted octanol–water partition coefficient (Wildman–Crippen LogP) is 1.72. The van der Waals surface area contributed by atoms with E-state index in [1.54, 1.807) is 0 Å². The maximum Gasteiger partial charge on any atom is 0.339 e. The number of primary amides is 1. The van der Waals surface area contributed by atoms with Gasteiger partial charge < -0.3 is 15.6 Å². The van der Waals surface area contributed by atoms with Crippen LogP contribution in [-0.2, 0) is 0 Å². The van der Waals surface area contributed by atoms with Crippen molar-refractivity contribution in [3.8, 4) is 11.6 Å². The molecule has 0 saturated heterocycles. The van der Waals surface area contributed by atoms with Crippen LogP contribution in [0.25, 0.3) is 0 Å². The molecule has 1 amide bonds. The quantitative estimate of drug-likeness (QED) is 0.886. The number of ether oxygens (including phenoxy) is 1. The van der Waals surface area contributed by atoms with E-state index < -0.39 is 11.9 Å². The molecule has 0 fully saturated rings. The first-order valence-electron chi connectivity index (χ1n) is 5.31. The second-order valence-corrected chi connectivity index (χ2v) is 4.11. The molecule has 20 heavy (non-hydrogen) atoms. The molecule has 1 aromatic heterocycles. The van der Waals surface area contributed by atoms with Crippen LogP contribution in [0.4, 0.5) is 0 Å². The molecule has 0 bridgehead atoms. The van der Waals surface area contributed by atoms with E-state index in [4.69, 9.17) is 27.2 Å². The average molecular weight is 294 g/mol. The van der Waals surface area contributed by atoms with E-state index in [2.05, 4.69) is 10.2 Å². The van der Waals surface area contributed by atoms with E-state index in [-0.39, 0.29) is 27.9 Å². The van der Waals surface area contributed by atoms with Gasteiger partial charge in [-0.15, -0.1) is 10.2 Å². The van der Waals surface area contributed by atoms with Crippen molar-refractivity contribution in [1.29, 1.82) is 0 Å². The fraction of sp³-hybridized carbons (Fsp3) is 0. The summed E-state index contributed by atoms with van der Waals surface area (Å²) >= 11 is 5.72. The summed E-state index contributed by atoms with van der Waals surface area (Å²) in [7, 11) is 0. The number of nitrogens with zero attached hydrogens (tertiary/aromatic N) is 2. The molecule has 0 unspecified atom stereocenters. The predicted molar refractivity (Wildman–Crippen MR) is 69.0 cm³/mol. The molecular formula is C12H8ClN3O4. The van der Waals surface area contributed by atoms with Crippen LogP contribution >= 0.6 is 11.6 Å². The summed E-state index contributed by atoms with van der Waals surface area (Å²) in [6.45, 7) is 0. The zero-order valence-corrected chi connectivity index (χ0v) is 10.7. The zero-order chi connectivity index (χ0) is 14.7. The van der Waals surface area contributed by atoms with Crippen LogP contribution < -0.4 is 10.5 Å². The number of amides is 1. The van der Waals surface area contributed by atoms with Gasteiger partial charge in [-0.1, -0.05) is 11.6 Å². The van der Waals surface area contributed by atoms with Crippen molar-refractivity contribution in [2.75, 3.05) is 0 Å². The zero-order valence-electron chi connectivity index (χ0n) is 9.91. The summed E-state index contributed by atoms with van der Waals surface area (Å²) < 4.78 is 5.30. The minimum Gasteiger partial charge on any atom is -0.478 e. The maximum absolute atomic E-state index is 11.1. The Bertz CT molecular complexity index is 673. The van der Waals surface area contributed by atoms with Crippen LogP contribution in [0.2, 0.25) is 5.02 Å². The van der Waals surface area contributed by atoms with Crippen LogP contribution in [0.15, 0.2) is 30.3 Å². The summed E-state index contributed by atoms with van der Waals surface area (Å²) in [6.07, 6.45) is 0. The van der Waals surface area contributed by atoms with E-state index in [1.807, 2.05) is 0 Å². The Kier molecular flexibility index (Phi) is 3.81. The lowest BCUT2D eigenvalue weighted by molar-refractivity contribution is 0.0694. The van der Waals surface area contributed by atoms with Gasteiger partial charge in [0.15, 0.2) is 5.69 Å². The normalized spacial score (nSPS) is 10.1. The van der Waals surface area contributed by atoms with Crippen LogP contribution in [0.5, 0.6) is 11.6 Å². The van der Waals surface area contributed by atoms with Crippen LogP contribution in [0.3, 0.4) is 0 Å². The smallest absolute Gasteiger partial charge is 0.339 e. The van der Waals surface area contributed by atoms with Crippen molar-refractivity contribution in [3.05, 3.63) is 46.6 Å². The highest BCUT2D eigenvalue weighted by atomic mass is 35.5. The molecule has 2 rings (SSSR count). The number of aromatic nitrogens is 2. The molecule has 102 valence electrons. The highest BCUT2D eigenvalue weighted by Gasteiger charge is 2.14. The average Bonchev–Trinajstić information content (AvgIpc) is 2.41. The number of carboxylic acid groups (broad SMARTS) is 1. The third-order valence-corrected chi connectivity index (χ3v) is 2.51. The molecule has 0 radical (unpaired) electrons. The van der Waals surface area contributed by atoms with Gasteiger partial charge in [0.2, 0.25) is 5.88 Å². The molecule has 3 N–H and O–H groups in total. The Hall–Kier alpha value is -2.67. The van der Waals surface area contributed by atoms with Gasteiger partial charge in [-0.25, -0.2) is 4.79 Å². The Labute approximate surface area is 118 Å². The van der Waals surface area contributed by atoms with E-state index in [9.17, 15) is 9.59 Å². The van der Waals surface area contributed by atoms with Gasteiger partial charge in [0, 0.05) is 11.1 Å². The van der Waals surface area contributed by atoms with Gasteiger partial charge in [0.1, 0.15) is 11.3 Å². The van der Waals surface area contributed by atoms with Gasteiger partial charge >= 0.3 is 5.97 Å². The number of carbonyl (C=O) groups is 2. The van der Waals surface area contributed by atoms with Crippen LogP contribution in [0.1, 0.15) is 20.8 Å². The fourth-order valence-electron chi connectivity index (χ4n) is 1.38. The molecule has 7 nitrogen and oxygen atoms in total. The SMILES string of the molecule is NC(=O)c1ccc(Oc2ccc(Cl)cc2C(=O)O)nn1. The van der Waals surface area contributed by atoms with Crippen molar-refractivity contribution < 1.29 is 19.4 Å². The first kappa shape index (κ1) is 13.8. The molecule has 0 aliphatic heterocycles. The largest absolute Gasteiger partial charge is 0.478 e. The van der Waals surface area contributed by atoms with Gasteiger partial charge in [0.25, 0.3) is 5.91 Å². The van der Waals surface area contributed by atoms with Crippen molar-refractivity contribution in [1.82, 2.24) is 10.2 Å². The van der Waals surface area contributed by atoms with E-state index in [1.165, 1.54) is 30.3 Å². The van der Waals surface area contributed by atoms with E-state index >= 15 is 0 Å². The Morgan fingerprint density at radius 3 is 2.50 bits per heavy atom. The number of nitrogens with two attached hydrogens (primary N) is 1. The molecule has 0 atom stereocenters. The molecule has 0 aliphatic carbocycles. The molecule has 0 aliphatic rings. The third kappa shape index (κ3) is 3.01. The molecule has 1 heterocycles. The van der Waals surface area contributed by atoms with E-state index in [0.29, 0.717) is 0 Å². The standard InChI is InChI=1S/C12H8ClN3O4/c13-6-1-3-9(7(5-6)12(18)19)20-10-4-2-8(11(14)17)15-16-10/h1-5H,(H2,14,17)(H,18,19). The summed E-state index contributed by atoms with van der Waals surface area (Å²) in [6, 6.07) is 6.81. The van der Waals surface area contributed by atoms with Crippen molar-refractivity contribution in [2.45, 2.75) is 0 Å². The Morgan fingerprint density at radius 2 is 1.95 bits per heavy atom. The number of halogens is 1. The summed E-state index contributed by atoms with van der Waals surface area (Å²) in [5.41, 5.74) is 4.89. The number of hydrogen-bond acceptors (Lipinski definition) is 5. The van der Waals surface area contributed by atoms with Gasteiger partial charge in [-0.05, 0) is 24.3 Å². The summed E-state index contributed by atoms with van der Waals surface area (Å²) in [5, 5.41) is 16.5. The molecule has 2 aromatic rings. The maximum atomic E-state index is 11.1. The van der Waals surface area contributed by atoms with Crippen molar-refractivity contribution in [3.63, 3.8) is 0 Å². The molecule has 1 aromatic carbocycles. The monoisotopic (exact) mass is 293 g/mol. The van der Waals surface area contributed by atoms with Gasteiger partial charge in [-0.3, -0.25) is 4.79 Å². The Balaban J connectivity index is 2.30. The van der Waals surface area contributed by atoms with Crippen LogP contribution in [-0.4, -0.2) is 27.2 Å². The summed E-state index contributed by atoms with van der Waals surface area (Å²) in [4.78, 5) is 21.9. The minimum atomic E-state index is -1.19. The van der Waals surface area contributed by atoms with Gasteiger partial charge in [-0.2, -0.15) is 0 Å². The van der Waals surface area contributed by atoms with Crippen molar-refractivity contribution >= 4 is 23.5 Å². The number of carbonyl (C=O) groups excluding carboxylic acids is 1. The number of aromatic carboxylic acids is 1. The van der Waals surface area contributed by atoms with E-state index in [0.717, 1.165) is 0 Å². The lowest BCUT2D eigenvalue weighted by Crippen LogP contribution is -2.13. The first-order chi connectivity index (χ1) is 9.47. The first-order valence-corrected chi connectivity index (χ1v) is 5.69. The topological polar surface area (TPSA) is 115 Å². The second kappa shape index (κ2) is 5.54. The molecule has 0 spiro atoms. The molecule has 0 saturated carbocycles. The minimum absolute atomic E-state index is 0.0214. The highest BCUT2D eigenvalue weighted by Crippen LogP contribution is 2.26. The second-order valence-electron chi connectivity index (χ2n) is 3.67. The highest BCUT2D eigenvalue weighted by molar-refractivity contribution is 6.31. The fourth-order valence-corrected chi connectivity index (χ4v) is 1.55. The van der Waals surface area contributed by atoms with Crippen LogP contribution in [0, 0.1) is 0 Å². The number of benzene rings is 1. The molecular weight excluding hydrogens is 286 g/mol. The summed E-state index contributed by atoms with van der Waals surface area (Å²) in [5.74, 6) is -1.83. The number of carboxylic acids is 1. The Morgan fingerprint density at radius 1 is 1.20 bits per heavy atom. The number of hydrogen-bond donors (Lipinski definition) is 2.